The summed E-state index contributed by atoms with van der Waals surface area (Å²) in [7, 11) is 0. The Morgan fingerprint density at radius 3 is 2.88 bits per heavy atom. The van der Waals surface area contributed by atoms with E-state index >= 15 is 0 Å². The highest BCUT2D eigenvalue weighted by Gasteiger charge is 2.37. The van der Waals surface area contributed by atoms with Crippen LogP contribution in [0.15, 0.2) is 0 Å². The Balaban J connectivity index is 2.06. The first-order valence-electron chi connectivity index (χ1n) is 6.16. The molecule has 1 saturated carbocycles. The Labute approximate surface area is 101 Å². The highest BCUT2D eigenvalue weighted by atomic mass is 32.1. The molecule has 1 aromatic heterocycles. The molecule has 1 heterocycles. The topological polar surface area (TPSA) is 51.8 Å². The first kappa shape index (κ1) is 12.0. The third-order valence-electron chi connectivity index (χ3n) is 3.63. The lowest BCUT2D eigenvalue weighted by Crippen LogP contribution is -2.15. The maximum Gasteiger partial charge on any atom is 0.121 e. The summed E-state index contributed by atoms with van der Waals surface area (Å²) >= 11 is 1.79. The fourth-order valence-electron chi connectivity index (χ4n) is 2.55. The van der Waals surface area contributed by atoms with Crippen LogP contribution in [0.2, 0.25) is 0 Å². The lowest BCUT2D eigenvalue weighted by atomic mass is 9.82. The molecule has 0 aromatic carbocycles. The Kier molecular flexibility index (Phi) is 3.60. The van der Waals surface area contributed by atoms with Gasteiger partial charge in [0.2, 0.25) is 0 Å². The molecule has 0 amide bonds. The lowest BCUT2D eigenvalue weighted by Gasteiger charge is -2.24. The number of hydrogen-bond donors (Lipinski definition) is 1. The number of rotatable bonds is 4. The van der Waals surface area contributed by atoms with E-state index in [1.807, 2.05) is 0 Å². The summed E-state index contributed by atoms with van der Waals surface area (Å²) in [4.78, 5) is 0. The number of nitrogens with two attached hydrogens (primary N) is 1. The van der Waals surface area contributed by atoms with E-state index in [1.165, 1.54) is 24.3 Å². The molecule has 1 aromatic rings. The SMILES string of the molecule is CC1(C)CCCC1c1nnc(CCCN)s1. The molecule has 1 unspecified atom stereocenters. The maximum atomic E-state index is 5.50. The second kappa shape index (κ2) is 4.80. The average molecular weight is 239 g/mol. The van der Waals surface area contributed by atoms with Gasteiger partial charge in [0.1, 0.15) is 10.0 Å². The van der Waals surface area contributed by atoms with Crippen LogP contribution in [0, 0.1) is 5.41 Å². The van der Waals surface area contributed by atoms with Gasteiger partial charge in [0, 0.05) is 12.3 Å². The van der Waals surface area contributed by atoms with Crippen LogP contribution in [0.5, 0.6) is 0 Å². The Bertz CT molecular complexity index is 346. The number of nitrogens with zero attached hydrogens (tertiary/aromatic N) is 2. The van der Waals surface area contributed by atoms with E-state index < -0.39 is 0 Å². The quantitative estimate of drug-likeness (QED) is 0.879. The summed E-state index contributed by atoms with van der Waals surface area (Å²) < 4.78 is 0. The molecule has 2 N–H and O–H groups in total. The van der Waals surface area contributed by atoms with Crippen LogP contribution < -0.4 is 5.73 Å². The summed E-state index contributed by atoms with van der Waals surface area (Å²) in [5.41, 5.74) is 5.91. The van der Waals surface area contributed by atoms with Crippen LogP contribution in [0.3, 0.4) is 0 Å². The Morgan fingerprint density at radius 1 is 1.44 bits per heavy atom. The predicted molar refractivity (Wildman–Crippen MR) is 67.7 cm³/mol. The van der Waals surface area contributed by atoms with E-state index in [0.717, 1.165) is 24.4 Å². The van der Waals surface area contributed by atoms with Gasteiger partial charge in [-0.25, -0.2) is 0 Å². The largest absolute Gasteiger partial charge is 0.330 e. The van der Waals surface area contributed by atoms with Crippen molar-refractivity contribution in [2.24, 2.45) is 11.1 Å². The van der Waals surface area contributed by atoms with E-state index in [-0.39, 0.29) is 0 Å². The molecular weight excluding hydrogens is 218 g/mol. The molecule has 16 heavy (non-hydrogen) atoms. The van der Waals surface area contributed by atoms with E-state index in [1.54, 1.807) is 11.3 Å². The zero-order valence-electron chi connectivity index (χ0n) is 10.2. The Morgan fingerprint density at radius 2 is 2.25 bits per heavy atom. The van der Waals surface area contributed by atoms with Gasteiger partial charge in [0.15, 0.2) is 0 Å². The van der Waals surface area contributed by atoms with Gasteiger partial charge in [-0.05, 0) is 31.2 Å². The van der Waals surface area contributed by atoms with Crippen molar-refractivity contribution >= 4 is 11.3 Å². The van der Waals surface area contributed by atoms with Crippen molar-refractivity contribution in [3.63, 3.8) is 0 Å². The monoisotopic (exact) mass is 239 g/mol. The smallest absolute Gasteiger partial charge is 0.121 e. The minimum Gasteiger partial charge on any atom is -0.330 e. The van der Waals surface area contributed by atoms with Crippen LogP contribution in [-0.2, 0) is 6.42 Å². The van der Waals surface area contributed by atoms with Crippen molar-refractivity contribution < 1.29 is 0 Å². The zero-order chi connectivity index (χ0) is 11.6. The van der Waals surface area contributed by atoms with Crippen molar-refractivity contribution in [2.75, 3.05) is 6.54 Å². The van der Waals surface area contributed by atoms with Crippen LogP contribution in [0.4, 0.5) is 0 Å². The number of hydrogen-bond acceptors (Lipinski definition) is 4. The molecule has 1 fully saturated rings. The average Bonchev–Trinajstić information content (AvgIpc) is 2.81. The third-order valence-corrected chi connectivity index (χ3v) is 4.73. The summed E-state index contributed by atoms with van der Waals surface area (Å²) in [5.74, 6) is 0.622. The highest BCUT2D eigenvalue weighted by molar-refractivity contribution is 7.11. The summed E-state index contributed by atoms with van der Waals surface area (Å²) in [6.07, 6.45) is 5.92. The third kappa shape index (κ3) is 2.43. The first-order chi connectivity index (χ1) is 7.63. The van der Waals surface area contributed by atoms with E-state index in [9.17, 15) is 0 Å². The minimum absolute atomic E-state index is 0.407. The predicted octanol–water partition coefficient (Wildman–Crippen LogP) is 2.72. The van der Waals surface area contributed by atoms with Gasteiger partial charge in [-0.1, -0.05) is 20.3 Å². The van der Waals surface area contributed by atoms with Gasteiger partial charge >= 0.3 is 0 Å². The second-order valence-corrected chi connectivity index (χ2v) is 6.45. The van der Waals surface area contributed by atoms with E-state index in [2.05, 4.69) is 24.0 Å². The minimum atomic E-state index is 0.407. The molecule has 0 saturated heterocycles. The van der Waals surface area contributed by atoms with Gasteiger partial charge < -0.3 is 5.73 Å². The number of aromatic nitrogens is 2. The van der Waals surface area contributed by atoms with Gasteiger partial charge in [0.05, 0.1) is 0 Å². The molecule has 0 radical (unpaired) electrons. The molecule has 3 nitrogen and oxygen atoms in total. The highest BCUT2D eigenvalue weighted by Crippen LogP contribution is 2.49. The van der Waals surface area contributed by atoms with Crippen molar-refractivity contribution in [3.8, 4) is 0 Å². The lowest BCUT2D eigenvalue weighted by molar-refractivity contribution is 0.330. The summed E-state index contributed by atoms with van der Waals surface area (Å²) in [6.45, 7) is 5.45. The first-order valence-corrected chi connectivity index (χ1v) is 6.97. The summed E-state index contributed by atoms with van der Waals surface area (Å²) in [5, 5.41) is 11.1. The molecule has 1 aliphatic carbocycles. The summed E-state index contributed by atoms with van der Waals surface area (Å²) in [6, 6.07) is 0. The Hall–Kier alpha value is -0.480. The van der Waals surface area contributed by atoms with Crippen LogP contribution >= 0.6 is 11.3 Å². The molecular formula is C12H21N3S. The molecule has 2 rings (SSSR count). The molecule has 1 aliphatic rings. The van der Waals surface area contributed by atoms with Crippen molar-refractivity contribution in [3.05, 3.63) is 10.0 Å². The van der Waals surface area contributed by atoms with E-state index in [4.69, 9.17) is 5.73 Å². The van der Waals surface area contributed by atoms with Crippen molar-refractivity contribution in [1.82, 2.24) is 10.2 Å². The van der Waals surface area contributed by atoms with Crippen LogP contribution in [0.25, 0.3) is 0 Å². The molecule has 4 heteroatoms. The van der Waals surface area contributed by atoms with Gasteiger partial charge in [0.25, 0.3) is 0 Å². The fourth-order valence-corrected chi connectivity index (χ4v) is 3.78. The second-order valence-electron chi connectivity index (χ2n) is 5.36. The molecule has 0 spiro atoms. The molecule has 0 aliphatic heterocycles. The number of aryl methyl sites for hydroxylation is 1. The van der Waals surface area contributed by atoms with Crippen LogP contribution in [0.1, 0.15) is 55.5 Å². The standard InChI is InChI=1S/C12H21N3S/c1-12(2)7-3-5-9(12)11-15-14-10(16-11)6-4-8-13/h9H,3-8,13H2,1-2H3. The van der Waals surface area contributed by atoms with Gasteiger partial charge in [-0.15, -0.1) is 21.5 Å². The molecule has 1 atom stereocenters. The fraction of sp³-hybridized carbons (Fsp3) is 0.833. The molecule has 0 bridgehead atoms. The van der Waals surface area contributed by atoms with E-state index in [0.29, 0.717) is 11.3 Å². The molecule has 90 valence electrons. The van der Waals surface area contributed by atoms with Gasteiger partial charge in [-0.3, -0.25) is 0 Å². The normalized spacial score (nSPS) is 23.8. The maximum absolute atomic E-state index is 5.50. The van der Waals surface area contributed by atoms with Crippen LogP contribution in [-0.4, -0.2) is 16.7 Å². The van der Waals surface area contributed by atoms with Crippen molar-refractivity contribution in [2.45, 2.75) is 51.9 Å². The zero-order valence-corrected chi connectivity index (χ0v) is 11.0. The van der Waals surface area contributed by atoms with Crippen molar-refractivity contribution in [1.29, 1.82) is 0 Å². The van der Waals surface area contributed by atoms with Gasteiger partial charge in [-0.2, -0.15) is 0 Å².